The standard InChI is InChI=1S/C18H19F11O2/c1-4-10(2)31-12-7-5-6-11(8-12)13(3,30)9-14(19,20)15(21,22)16(23,24)17(25,26)18(27,28)29/h5-8,10,30H,4,9H2,1-3H3. The fourth-order valence-corrected chi connectivity index (χ4v) is 2.47. The summed E-state index contributed by atoms with van der Waals surface area (Å²) in [6.45, 7) is 3.83. The summed E-state index contributed by atoms with van der Waals surface area (Å²) in [5.74, 6) is -28.4. The van der Waals surface area contributed by atoms with Crippen molar-refractivity contribution < 1.29 is 58.1 Å². The first-order valence-corrected chi connectivity index (χ1v) is 8.71. The molecule has 0 heterocycles. The number of hydrogen-bond donors (Lipinski definition) is 1. The third-order valence-electron chi connectivity index (χ3n) is 4.54. The summed E-state index contributed by atoms with van der Waals surface area (Å²) in [6, 6.07) is 4.30. The van der Waals surface area contributed by atoms with E-state index in [4.69, 9.17) is 4.74 Å². The van der Waals surface area contributed by atoms with E-state index in [0.717, 1.165) is 18.2 Å². The Bertz CT molecular complexity index is 757. The van der Waals surface area contributed by atoms with Crippen molar-refractivity contribution in [2.45, 2.75) is 75.2 Å². The molecule has 0 fully saturated rings. The third kappa shape index (κ3) is 5.01. The first-order chi connectivity index (χ1) is 13.6. The van der Waals surface area contributed by atoms with Gasteiger partial charge in [-0.05, 0) is 38.0 Å². The van der Waals surface area contributed by atoms with E-state index in [1.807, 2.05) is 0 Å². The molecule has 0 bridgehead atoms. The maximum Gasteiger partial charge on any atom is 0.460 e. The van der Waals surface area contributed by atoms with Gasteiger partial charge in [-0.3, -0.25) is 0 Å². The van der Waals surface area contributed by atoms with Crippen molar-refractivity contribution in [2.75, 3.05) is 0 Å². The van der Waals surface area contributed by atoms with Gasteiger partial charge >= 0.3 is 29.9 Å². The minimum absolute atomic E-state index is 0.0175. The van der Waals surface area contributed by atoms with Crippen LogP contribution in [-0.4, -0.2) is 41.1 Å². The SMILES string of the molecule is CCC(C)Oc1cccc(C(C)(O)CC(F)(F)C(F)(F)C(F)(F)C(F)(F)C(F)(F)F)c1. The molecule has 1 aromatic carbocycles. The summed E-state index contributed by atoms with van der Waals surface area (Å²) >= 11 is 0. The molecule has 2 nitrogen and oxygen atoms in total. The van der Waals surface area contributed by atoms with Gasteiger partial charge < -0.3 is 9.84 Å². The van der Waals surface area contributed by atoms with Crippen molar-refractivity contribution >= 4 is 0 Å². The monoisotopic (exact) mass is 476 g/mol. The van der Waals surface area contributed by atoms with E-state index < -0.39 is 53.6 Å². The molecule has 0 aliphatic heterocycles. The highest BCUT2D eigenvalue weighted by Crippen LogP contribution is 2.59. The first kappa shape index (κ1) is 27.2. The molecule has 180 valence electrons. The molecule has 2 unspecified atom stereocenters. The van der Waals surface area contributed by atoms with Crippen LogP contribution >= 0.6 is 0 Å². The molecule has 0 saturated heterocycles. The van der Waals surface area contributed by atoms with E-state index in [1.165, 1.54) is 6.07 Å². The average Bonchev–Trinajstić information content (AvgIpc) is 2.59. The molecule has 0 spiro atoms. The molecule has 0 aromatic heterocycles. The number of halogens is 11. The van der Waals surface area contributed by atoms with Crippen LogP contribution < -0.4 is 4.74 Å². The Kier molecular flexibility index (Phi) is 7.28. The van der Waals surface area contributed by atoms with Crippen molar-refractivity contribution in [3.8, 4) is 5.75 Å². The van der Waals surface area contributed by atoms with Crippen LogP contribution in [0.2, 0.25) is 0 Å². The predicted molar refractivity (Wildman–Crippen MR) is 86.9 cm³/mol. The molecule has 0 aliphatic carbocycles. The molecule has 0 aliphatic rings. The zero-order valence-corrected chi connectivity index (χ0v) is 16.3. The van der Waals surface area contributed by atoms with Gasteiger partial charge in [0.2, 0.25) is 0 Å². The second-order valence-corrected chi connectivity index (χ2v) is 7.24. The number of ether oxygens (including phenoxy) is 1. The van der Waals surface area contributed by atoms with E-state index in [1.54, 1.807) is 13.8 Å². The van der Waals surface area contributed by atoms with E-state index in [2.05, 4.69) is 0 Å². The Labute approximate surface area is 170 Å². The van der Waals surface area contributed by atoms with Gasteiger partial charge in [0.25, 0.3) is 0 Å². The van der Waals surface area contributed by atoms with Crippen LogP contribution in [0, 0.1) is 0 Å². The van der Waals surface area contributed by atoms with Gasteiger partial charge in [0, 0.05) is 0 Å². The largest absolute Gasteiger partial charge is 0.491 e. The lowest BCUT2D eigenvalue weighted by Crippen LogP contribution is -2.67. The molecule has 1 rings (SSSR count). The molecule has 1 N–H and O–H groups in total. The molecule has 2 atom stereocenters. The Morgan fingerprint density at radius 1 is 0.871 bits per heavy atom. The van der Waals surface area contributed by atoms with Crippen molar-refractivity contribution in [3.63, 3.8) is 0 Å². The van der Waals surface area contributed by atoms with Crippen LogP contribution in [0.3, 0.4) is 0 Å². The van der Waals surface area contributed by atoms with Crippen molar-refractivity contribution in [2.24, 2.45) is 0 Å². The Hall–Kier alpha value is -1.79. The van der Waals surface area contributed by atoms with Crippen molar-refractivity contribution in [1.82, 2.24) is 0 Å². The number of rotatable bonds is 9. The number of aliphatic hydroxyl groups is 1. The van der Waals surface area contributed by atoms with Gasteiger partial charge in [-0.15, -0.1) is 0 Å². The lowest BCUT2D eigenvalue weighted by atomic mass is 9.85. The smallest absolute Gasteiger partial charge is 0.460 e. The minimum atomic E-state index is -7.51. The van der Waals surface area contributed by atoms with Crippen LogP contribution in [0.15, 0.2) is 24.3 Å². The van der Waals surface area contributed by atoms with Gasteiger partial charge in [-0.1, -0.05) is 19.1 Å². The topological polar surface area (TPSA) is 29.5 Å². The summed E-state index contributed by atoms with van der Waals surface area (Å²) in [5, 5.41) is 10.2. The Balaban J connectivity index is 3.31. The van der Waals surface area contributed by atoms with Gasteiger partial charge in [-0.25, -0.2) is 0 Å². The summed E-state index contributed by atoms with van der Waals surface area (Å²) in [6.07, 6.45) is -9.73. The molecule has 0 radical (unpaired) electrons. The normalized spacial score (nSPS) is 17.3. The van der Waals surface area contributed by atoms with E-state index in [-0.39, 0.29) is 5.75 Å². The fraction of sp³-hybridized carbons (Fsp3) is 0.667. The summed E-state index contributed by atoms with van der Waals surface area (Å²) in [4.78, 5) is 0. The van der Waals surface area contributed by atoms with Gasteiger partial charge in [0.05, 0.1) is 18.1 Å². The van der Waals surface area contributed by atoms with Gasteiger partial charge in [0.1, 0.15) is 5.75 Å². The van der Waals surface area contributed by atoms with E-state index in [0.29, 0.717) is 13.3 Å². The molecule has 13 heteroatoms. The molecular formula is C18H19F11O2. The molecule has 0 saturated carbocycles. The highest BCUT2D eigenvalue weighted by Gasteiger charge is 2.87. The predicted octanol–water partition coefficient (Wildman–Crippen LogP) is 6.57. The Morgan fingerprint density at radius 3 is 1.84 bits per heavy atom. The molecule has 31 heavy (non-hydrogen) atoms. The van der Waals surface area contributed by atoms with Crippen LogP contribution in [0.4, 0.5) is 48.3 Å². The van der Waals surface area contributed by atoms with Gasteiger partial charge in [-0.2, -0.15) is 48.3 Å². The molecule has 0 amide bonds. The zero-order valence-electron chi connectivity index (χ0n) is 16.3. The lowest BCUT2D eigenvalue weighted by molar-refractivity contribution is -0.424. The van der Waals surface area contributed by atoms with Crippen molar-refractivity contribution in [1.29, 1.82) is 0 Å². The zero-order chi connectivity index (χ0) is 24.7. The number of benzene rings is 1. The van der Waals surface area contributed by atoms with E-state index >= 15 is 0 Å². The van der Waals surface area contributed by atoms with Crippen LogP contribution in [0.5, 0.6) is 5.75 Å². The number of alkyl halides is 11. The van der Waals surface area contributed by atoms with Crippen LogP contribution in [-0.2, 0) is 5.60 Å². The second kappa shape index (κ2) is 8.28. The van der Waals surface area contributed by atoms with Crippen LogP contribution in [0.25, 0.3) is 0 Å². The average molecular weight is 476 g/mol. The third-order valence-corrected chi connectivity index (χ3v) is 4.54. The summed E-state index contributed by atoms with van der Waals surface area (Å²) in [5.41, 5.74) is -3.58. The van der Waals surface area contributed by atoms with E-state index in [9.17, 15) is 53.4 Å². The maximum atomic E-state index is 14.0. The second-order valence-electron chi connectivity index (χ2n) is 7.24. The minimum Gasteiger partial charge on any atom is -0.491 e. The molecular weight excluding hydrogens is 457 g/mol. The van der Waals surface area contributed by atoms with Gasteiger partial charge in [0.15, 0.2) is 0 Å². The summed E-state index contributed by atoms with van der Waals surface area (Å²) < 4.78 is 150. The quantitative estimate of drug-likeness (QED) is 0.409. The first-order valence-electron chi connectivity index (χ1n) is 8.71. The maximum absolute atomic E-state index is 14.0. The highest BCUT2D eigenvalue weighted by molar-refractivity contribution is 5.32. The fourth-order valence-electron chi connectivity index (χ4n) is 2.47. The highest BCUT2D eigenvalue weighted by atomic mass is 19.4. The summed E-state index contributed by atoms with van der Waals surface area (Å²) in [7, 11) is 0. The Morgan fingerprint density at radius 2 is 1.39 bits per heavy atom. The lowest BCUT2D eigenvalue weighted by Gasteiger charge is -2.39. The molecule has 1 aromatic rings. The van der Waals surface area contributed by atoms with Crippen LogP contribution in [0.1, 0.15) is 39.2 Å². The van der Waals surface area contributed by atoms with Crippen molar-refractivity contribution in [3.05, 3.63) is 29.8 Å². The number of hydrogen-bond acceptors (Lipinski definition) is 2.